The summed E-state index contributed by atoms with van der Waals surface area (Å²) in [5.41, 5.74) is 0.595. The summed E-state index contributed by atoms with van der Waals surface area (Å²) in [6, 6.07) is 5.66. The minimum atomic E-state index is -0.317. The smallest absolute Gasteiger partial charge is 0.231 e. The number of carbonyl (C=O) groups excluding carboxylic acids is 1. The Morgan fingerprint density at radius 1 is 1.31 bits per heavy atom. The fraction of sp³-hybridized carbons (Fsp3) is 0.462. The van der Waals surface area contributed by atoms with Gasteiger partial charge in [0, 0.05) is 17.4 Å². The maximum atomic E-state index is 11.9. The molecule has 0 spiro atoms. The van der Waals surface area contributed by atoms with Crippen LogP contribution in [0.4, 0.5) is 0 Å². The van der Waals surface area contributed by atoms with E-state index in [4.69, 9.17) is 9.47 Å². The van der Waals surface area contributed by atoms with Gasteiger partial charge in [-0.2, -0.15) is 0 Å². The zero-order valence-corrected chi connectivity index (χ0v) is 9.87. The molecule has 0 unspecified atom stereocenters. The predicted octanol–water partition coefficient (Wildman–Crippen LogP) is 2.57. The highest BCUT2D eigenvalue weighted by molar-refractivity contribution is 5.86. The van der Waals surface area contributed by atoms with Gasteiger partial charge >= 0.3 is 0 Å². The highest BCUT2D eigenvalue weighted by atomic mass is 16.7. The second-order valence-corrected chi connectivity index (χ2v) is 5.00. The standard InChI is InChI=1S/C13H16O3/c1-13(2,3)11(14)7-9-5-4-6-10-12(9)16-8-15-10/h4-6H,7-8H2,1-3H3. The van der Waals surface area contributed by atoms with Crippen LogP contribution in [-0.2, 0) is 11.2 Å². The third kappa shape index (κ3) is 2.03. The zero-order chi connectivity index (χ0) is 11.8. The minimum Gasteiger partial charge on any atom is -0.454 e. The Labute approximate surface area is 95.4 Å². The lowest BCUT2D eigenvalue weighted by molar-refractivity contribution is -0.125. The first-order chi connectivity index (χ1) is 7.48. The van der Waals surface area contributed by atoms with E-state index >= 15 is 0 Å². The third-order valence-corrected chi connectivity index (χ3v) is 2.67. The molecular formula is C13H16O3. The summed E-state index contributed by atoms with van der Waals surface area (Å²) in [6.45, 7) is 6.03. The van der Waals surface area contributed by atoms with Gasteiger partial charge in [0.15, 0.2) is 11.5 Å². The Morgan fingerprint density at radius 2 is 2.06 bits per heavy atom. The number of hydrogen-bond donors (Lipinski definition) is 0. The Kier molecular flexibility index (Phi) is 2.62. The van der Waals surface area contributed by atoms with E-state index in [0.29, 0.717) is 6.42 Å². The molecule has 2 rings (SSSR count). The Morgan fingerprint density at radius 3 is 2.75 bits per heavy atom. The second kappa shape index (κ2) is 3.81. The van der Waals surface area contributed by atoms with Crippen LogP contribution in [0.3, 0.4) is 0 Å². The fourth-order valence-corrected chi connectivity index (χ4v) is 1.57. The Bertz CT molecular complexity index is 416. The molecule has 16 heavy (non-hydrogen) atoms. The lowest BCUT2D eigenvalue weighted by Crippen LogP contribution is -2.22. The van der Waals surface area contributed by atoms with E-state index in [1.165, 1.54) is 0 Å². The van der Waals surface area contributed by atoms with Crippen molar-refractivity contribution in [3.8, 4) is 11.5 Å². The van der Waals surface area contributed by atoms with Crippen molar-refractivity contribution in [3.05, 3.63) is 23.8 Å². The van der Waals surface area contributed by atoms with Crippen LogP contribution in [0.1, 0.15) is 26.3 Å². The average Bonchev–Trinajstić information content (AvgIpc) is 2.65. The molecule has 0 radical (unpaired) electrons. The molecule has 0 bridgehead atoms. The Balaban J connectivity index is 2.23. The molecule has 1 aliphatic heterocycles. The zero-order valence-electron chi connectivity index (χ0n) is 9.87. The molecule has 0 amide bonds. The van der Waals surface area contributed by atoms with Gasteiger partial charge in [0.25, 0.3) is 0 Å². The van der Waals surface area contributed by atoms with Gasteiger partial charge in [0.2, 0.25) is 6.79 Å². The number of hydrogen-bond acceptors (Lipinski definition) is 3. The lowest BCUT2D eigenvalue weighted by Gasteiger charge is -2.16. The number of Topliss-reactive ketones (excluding diaryl/α,β-unsaturated/α-hetero) is 1. The second-order valence-electron chi connectivity index (χ2n) is 5.00. The molecule has 1 heterocycles. The number of rotatable bonds is 2. The Hall–Kier alpha value is -1.51. The van der Waals surface area contributed by atoms with E-state index in [9.17, 15) is 4.79 Å². The quantitative estimate of drug-likeness (QED) is 0.768. The molecule has 0 saturated carbocycles. The molecule has 3 heteroatoms. The largest absolute Gasteiger partial charge is 0.454 e. The molecule has 0 saturated heterocycles. The molecule has 1 aliphatic rings. The summed E-state index contributed by atoms with van der Waals surface area (Å²) in [5, 5.41) is 0. The molecule has 3 nitrogen and oxygen atoms in total. The summed E-state index contributed by atoms with van der Waals surface area (Å²) < 4.78 is 10.6. The van der Waals surface area contributed by atoms with Crippen molar-refractivity contribution in [2.75, 3.05) is 6.79 Å². The summed E-state index contributed by atoms with van der Waals surface area (Å²) >= 11 is 0. The van der Waals surface area contributed by atoms with Gasteiger partial charge in [0.1, 0.15) is 5.78 Å². The van der Waals surface area contributed by atoms with Crippen LogP contribution < -0.4 is 9.47 Å². The number of para-hydroxylation sites is 1. The molecule has 0 aromatic heterocycles. The van der Waals surface area contributed by atoms with Gasteiger partial charge in [-0.05, 0) is 6.07 Å². The van der Waals surface area contributed by atoms with E-state index in [1.54, 1.807) is 0 Å². The lowest BCUT2D eigenvalue weighted by atomic mass is 9.87. The van der Waals surface area contributed by atoms with Gasteiger partial charge < -0.3 is 9.47 Å². The molecule has 0 fully saturated rings. The first kappa shape index (κ1) is 11.0. The maximum absolute atomic E-state index is 11.9. The summed E-state index contributed by atoms with van der Waals surface area (Å²) in [5.74, 6) is 1.66. The van der Waals surface area contributed by atoms with Crippen molar-refractivity contribution in [1.82, 2.24) is 0 Å². The fourth-order valence-electron chi connectivity index (χ4n) is 1.57. The van der Waals surface area contributed by atoms with Crippen LogP contribution in [0.15, 0.2) is 18.2 Å². The molecule has 0 atom stereocenters. The van der Waals surface area contributed by atoms with Crippen molar-refractivity contribution < 1.29 is 14.3 Å². The van der Waals surface area contributed by atoms with Crippen LogP contribution in [0.2, 0.25) is 0 Å². The highest BCUT2D eigenvalue weighted by Crippen LogP contribution is 2.36. The average molecular weight is 220 g/mol. The topological polar surface area (TPSA) is 35.5 Å². The van der Waals surface area contributed by atoms with Crippen LogP contribution in [0, 0.1) is 5.41 Å². The van der Waals surface area contributed by atoms with Crippen molar-refractivity contribution in [1.29, 1.82) is 0 Å². The number of ether oxygens (including phenoxy) is 2. The van der Waals surface area contributed by atoms with Gasteiger partial charge in [0.05, 0.1) is 0 Å². The predicted molar refractivity (Wildman–Crippen MR) is 60.7 cm³/mol. The van der Waals surface area contributed by atoms with E-state index in [-0.39, 0.29) is 18.0 Å². The highest BCUT2D eigenvalue weighted by Gasteiger charge is 2.25. The SMILES string of the molecule is CC(C)(C)C(=O)Cc1cccc2c1OCO2. The number of fused-ring (bicyclic) bond motifs is 1. The molecule has 1 aromatic carbocycles. The van der Waals surface area contributed by atoms with Crippen LogP contribution in [-0.4, -0.2) is 12.6 Å². The normalized spacial score (nSPS) is 13.9. The molecule has 1 aromatic rings. The van der Waals surface area contributed by atoms with Crippen molar-refractivity contribution >= 4 is 5.78 Å². The number of benzene rings is 1. The monoisotopic (exact) mass is 220 g/mol. The first-order valence-corrected chi connectivity index (χ1v) is 5.39. The summed E-state index contributed by atoms with van der Waals surface area (Å²) in [6.07, 6.45) is 0.399. The van der Waals surface area contributed by atoms with E-state index in [0.717, 1.165) is 17.1 Å². The molecular weight excluding hydrogens is 204 g/mol. The van der Waals surface area contributed by atoms with Crippen LogP contribution in [0.5, 0.6) is 11.5 Å². The number of carbonyl (C=O) groups is 1. The maximum Gasteiger partial charge on any atom is 0.231 e. The van der Waals surface area contributed by atoms with Gasteiger partial charge in [-0.3, -0.25) is 4.79 Å². The van der Waals surface area contributed by atoms with E-state index in [2.05, 4.69) is 0 Å². The van der Waals surface area contributed by atoms with Crippen molar-refractivity contribution in [2.45, 2.75) is 27.2 Å². The van der Waals surface area contributed by atoms with Crippen molar-refractivity contribution in [3.63, 3.8) is 0 Å². The van der Waals surface area contributed by atoms with Crippen LogP contribution >= 0.6 is 0 Å². The van der Waals surface area contributed by atoms with Gasteiger partial charge in [-0.1, -0.05) is 32.9 Å². The molecule has 0 aliphatic carbocycles. The van der Waals surface area contributed by atoms with E-state index < -0.39 is 0 Å². The van der Waals surface area contributed by atoms with Crippen LogP contribution in [0.25, 0.3) is 0 Å². The number of ketones is 1. The third-order valence-electron chi connectivity index (χ3n) is 2.67. The minimum absolute atomic E-state index is 0.205. The molecule has 86 valence electrons. The van der Waals surface area contributed by atoms with Crippen molar-refractivity contribution in [2.24, 2.45) is 5.41 Å². The summed E-state index contributed by atoms with van der Waals surface area (Å²) in [4.78, 5) is 11.9. The molecule has 0 N–H and O–H groups in total. The van der Waals surface area contributed by atoms with E-state index in [1.807, 2.05) is 39.0 Å². The summed E-state index contributed by atoms with van der Waals surface area (Å²) in [7, 11) is 0. The first-order valence-electron chi connectivity index (χ1n) is 5.39. The van der Waals surface area contributed by atoms with Gasteiger partial charge in [-0.15, -0.1) is 0 Å². The van der Waals surface area contributed by atoms with Gasteiger partial charge in [-0.25, -0.2) is 0 Å².